The molecule has 0 atom stereocenters. The molecule has 3 nitrogen and oxygen atoms in total. The summed E-state index contributed by atoms with van der Waals surface area (Å²) >= 11 is 0. The van der Waals surface area contributed by atoms with Crippen LogP contribution >= 0.6 is 6.75 Å². The summed E-state index contributed by atoms with van der Waals surface area (Å²) < 4.78 is 1.44. The summed E-state index contributed by atoms with van der Waals surface area (Å²) in [5.41, 5.74) is 0. The van der Waals surface area contributed by atoms with Crippen molar-refractivity contribution in [2.24, 2.45) is 0 Å². The van der Waals surface area contributed by atoms with E-state index in [1.54, 1.807) is 0 Å². The number of rotatable bonds is 9. The molecule has 0 aromatic heterocycles. The Labute approximate surface area is 180 Å². The van der Waals surface area contributed by atoms with Crippen molar-refractivity contribution in [3.8, 4) is 12.4 Å². The van der Waals surface area contributed by atoms with Crippen LogP contribution in [0.3, 0.4) is 0 Å². The van der Waals surface area contributed by atoms with E-state index in [4.69, 9.17) is 0 Å². The molecule has 3 aromatic carbocycles. The van der Waals surface area contributed by atoms with Gasteiger partial charge in [0.1, 0.15) is 0 Å². The maximum absolute atomic E-state index is 10.3. The zero-order valence-corrected chi connectivity index (χ0v) is 18.4. The Bertz CT molecular complexity index is 907. The summed E-state index contributed by atoms with van der Waals surface area (Å²) in [5, 5.41) is 23.8. The van der Waals surface area contributed by atoms with Crippen LogP contribution in [-0.4, -0.2) is 10.8 Å². The predicted octanol–water partition coefficient (Wildman–Crippen LogP) is 5.28. The fraction of sp³-hybridized carbons (Fsp3) is 0.231. The molecule has 0 aliphatic carbocycles. The Morgan fingerprint density at radius 2 is 1.03 bits per heavy atom. The summed E-state index contributed by atoms with van der Waals surface area (Å²) in [6.07, 6.45) is 9.66. The number of nitrogens with zero attached hydrogens (tertiary/aromatic N) is 3. The van der Waals surface area contributed by atoms with E-state index >= 15 is 0 Å². The molecule has 3 rings (SSSR count). The molecule has 0 spiro atoms. The van der Waals surface area contributed by atoms with Gasteiger partial charge in [0.05, 0.1) is 0 Å². The summed E-state index contributed by atoms with van der Waals surface area (Å²) in [4.78, 5) is 0. The third-order valence-corrected chi connectivity index (χ3v) is 12.5. The predicted molar refractivity (Wildman–Crippen MR) is 127 cm³/mol. The monoisotopic (exact) mass is 413 g/mol. The van der Waals surface area contributed by atoms with E-state index in [1.165, 1.54) is 4.67 Å². The average molecular weight is 414 g/mol. The quantitative estimate of drug-likeness (QED) is 0.208. The normalized spacial score (nSPS) is 12.2. The molecule has 3 aromatic rings. The first-order chi connectivity index (χ1) is 14.7. The van der Waals surface area contributed by atoms with E-state index < -0.39 is 6.75 Å². The molecule has 0 saturated carbocycles. The molecule has 0 amide bonds. The standard InChI is InChI=1S/C26H28N3P/c1-2-3-4-14-21-30(29(22-27)23-28,24-15-8-5-9-16-24,25-17-10-6-11-18-25)26-19-12-7-13-20-26/h5-13,15-20H,2-4,14,21H2,1H3. The fourth-order valence-electron chi connectivity index (χ4n) is 4.59. The van der Waals surface area contributed by atoms with Crippen LogP contribution in [0.15, 0.2) is 91.0 Å². The number of unbranched alkanes of at least 4 members (excludes halogenated alkanes) is 3. The molecule has 0 heterocycles. The van der Waals surface area contributed by atoms with Crippen molar-refractivity contribution in [3.63, 3.8) is 0 Å². The first kappa shape index (κ1) is 21.6. The molecule has 0 aliphatic heterocycles. The van der Waals surface area contributed by atoms with Crippen molar-refractivity contribution >= 4 is 22.7 Å². The summed E-state index contributed by atoms with van der Waals surface area (Å²) in [6, 6.07) is 30.6. The molecule has 30 heavy (non-hydrogen) atoms. The molecular weight excluding hydrogens is 385 g/mol. The summed E-state index contributed by atoms with van der Waals surface area (Å²) in [5.74, 6) is 0. The van der Waals surface area contributed by atoms with Crippen LogP contribution in [0.25, 0.3) is 0 Å². The average Bonchev–Trinajstić information content (AvgIpc) is 2.83. The zero-order valence-electron chi connectivity index (χ0n) is 17.5. The Balaban J connectivity index is 2.48. The van der Waals surface area contributed by atoms with E-state index in [0.29, 0.717) is 0 Å². The van der Waals surface area contributed by atoms with E-state index in [1.807, 2.05) is 54.6 Å². The van der Waals surface area contributed by atoms with Crippen molar-refractivity contribution in [2.45, 2.75) is 32.6 Å². The van der Waals surface area contributed by atoms with Gasteiger partial charge in [-0.2, -0.15) is 0 Å². The van der Waals surface area contributed by atoms with E-state index in [9.17, 15) is 10.5 Å². The zero-order chi connectivity index (χ0) is 21.3. The molecule has 152 valence electrons. The van der Waals surface area contributed by atoms with Crippen LogP contribution in [0.2, 0.25) is 0 Å². The van der Waals surface area contributed by atoms with E-state index in [2.05, 4.69) is 55.7 Å². The van der Waals surface area contributed by atoms with Gasteiger partial charge >= 0.3 is 180 Å². The number of nitriles is 2. The van der Waals surface area contributed by atoms with Crippen molar-refractivity contribution in [2.75, 3.05) is 6.16 Å². The molecule has 0 saturated heterocycles. The summed E-state index contributed by atoms with van der Waals surface area (Å²) in [6.45, 7) is -1.37. The van der Waals surface area contributed by atoms with Gasteiger partial charge in [-0.05, 0) is 0 Å². The molecule has 0 aliphatic rings. The third kappa shape index (κ3) is 3.37. The first-order valence-electron chi connectivity index (χ1n) is 10.5. The van der Waals surface area contributed by atoms with Crippen LogP contribution in [-0.2, 0) is 0 Å². The van der Waals surface area contributed by atoms with Gasteiger partial charge < -0.3 is 0 Å². The number of benzene rings is 3. The Morgan fingerprint density at radius 1 is 0.633 bits per heavy atom. The Morgan fingerprint density at radius 3 is 1.37 bits per heavy atom. The maximum atomic E-state index is 10.3. The third-order valence-electron chi connectivity index (χ3n) is 6.02. The molecular formula is C26H28N3P. The van der Waals surface area contributed by atoms with Gasteiger partial charge in [-0.1, -0.05) is 0 Å². The second-order valence-electron chi connectivity index (χ2n) is 7.55. The topological polar surface area (TPSA) is 50.8 Å². The van der Waals surface area contributed by atoms with Gasteiger partial charge in [0, 0.05) is 0 Å². The van der Waals surface area contributed by atoms with Crippen LogP contribution < -0.4 is 15.9 Å². The second-order valence-corrected chi connectivity index (χ2v) is 12.5. The van der Waals surface area contributed by atoms with E-state index in [-0.39, 0.29) is 0 Å². The van der Waals surface area contributed by atoms with Crippen molar-refractivity contribution in [1.29, 1.82) is 10.5 Å². The van der Waals surface area contributed by atoms with Crippen LogP contribution in [0, 0.1) is 22.9 Å². The van der Waals surface area contributed by atoms with Gasteiger partial charge in [0.25, 0.3) is 0 Å². The van der Waals surface area contributed by atoms with E-state index in [0.717, 1.165) is 47.8 Å². The van der Waals surface area contributed by atoms with Crippen LogP contribution in [0.5, 0.6) is 0 Å². The van der Waals surface area contributed by atoms with Crippen LogP contribution in [0.1, 0.15) is 32.6 Å². The second kappa shape index (κ2) is 9.58. The molecule has 0 unspecified atom stereocenters. The molecule has 0 fully saturated rings. The number of hydrogen-bond acceptors (Lipinski definition) is 3. The Hall–Kier alpha value is -3.13. The van der Waals surface area contributed by atoms with Gasteiger partial charge in [-0.3, -0.25) is 0 Å². The molecule has 0 radical (unpaired) electrons. The first-order valence-corrected chi connectivity index (χ1v) is 12.9. The van der Waals surface area contributed by atoms with Crippen molar-refractivity contribution < 1.29 is 0 Å². The minimum absolute atomic E-state index is 0.755. The molecule has 0 bridgehead atoms. The van der Waals surface area contributed by atoms with Gasteiger partial charge in [-0.25, -0.2) is 0 Å². The molecule has 4 heteroatoms. The minimum atomic E-state index is -3.57. The van der Waals surface area contributed by atoms with Crippen LogP contribution in [0.4, 0.5) is 0 Å². The molecule has 0 N–H and O–H groups in total. The number of hydrogen-bond donors (Lipinski definition) is 0. The fourth-order valence-corrected chi connectivity index (χ4v) is 10.8. The van der Waals surface area contributed by atoms with Crippen molar-refractivity contribution in [1.82, 2.24) is 4.67 Å². The SMILES string of the molecule is CCCCCCP(c1ccccc1)(c1ccccc1)(c1ccccc1)N(C#N)C#N. The Kier molecular flexibility index (Phi) is 6.89. The van der Waals surface area contributed by atoms with Gasteiger partial charge in [0.15, 0.2) is 0 Å². The van der Waals surface area contributed by atoms with Gasteiger partial charge in [0.2, 0.25) is 0 Å². The van der Waals surface area contributed by atoms with Gasteiger partial charge in [-0.15, -0.1) is 0 Å². The summed E-state index contributed by atoms with van der Waals surface area (Å²) in [7, 11) is 0. The van der Waals surface area contributed by atoms with Crippen molar-refractivity contribution in [3.05, 3.63) is 91.0 Å².